The van der Waals surface area contributed by atoms with E-state index in [9.17, 15) is 4.79 Å². The van der Waals surface area contributed by atoms with Crippen LogP contribution in [0.4, 0.5) is 0 Å². The van der Waals surface area contributed by atoms with Crippen LogP contribution in [-0.2, 0) is 11.3 Å². The van der Waals surface area contributed by atoms with Gasteiger partial charge >= 0.3 is 0 Å². The SMILES string of the molecule is CN=C(NCc1ccc(OCC2CC2)nc1)NC1CCN(C(=O)C2CCCCC2)C1. The van der Waals surface area contributed by atoms with Gasteiger partial charge in [0.05, 0.1) is 6.61 Å². The summed E-state index contributed by atoms with van der Waals surface area (Å²) >= 11 is 0. The number of hydrogen-bond donors (Lipinski definition) is 2. The van der Waals surface area contributed by atoms with E-state index >= 15 is 0 Å². The first-order valence-corrected chi connectivity index (χ1v) is 11.5. The number of nitrogens with zero attached hydrogens (tertiary/aromatic N) is 3. The molecule has 0 bridgehead atoms. The number of guanidine groups is 1. The largest absolute Gasteiger partial charge is 0.477 e. The molecule has 7 heteroatoms. The van der Waals surface area contributed by atoms with Gasteiger partial charge in [-0.15, -0.1) is 0 Å². The lowest BCUT2D eigenvalue weighted by atomic mass is 9.88. The van der Waals surface area contributed by atoms with Crippen molar-refractivity contribution in [1.82, 2.24) is 20.5 Å². The maximum atomic E-state index is 12.8. The minimum absolute atomic E-state index is 0.249. The molecule has 7 nitrogen and oxygen atoms in total. The Balaban J connectivity index is 1.19. The molecule has 1 saturated heterocycles. The van der Waals surface area contributed by atoms with E-state index in [4.69, 9.17) is 4.74 Å². The van der Waals surface area contributed by atoms with Crippen molar-refractivity contribution >= 4 is 11.9 Å². The van der Waals surface area contributed by atoms with E-state index in [1.165, 1.54) is 32.1 Å². The summed E-state index contributed by atoms with van der Waals surface area (Å²) in [6.45, 7) is 3.04. The summed E-state index contributed by atoms with van der Waals surface area (Å²) < 4.78 is 5.69. The molecule has 3 aliphatic rings. The van der Waals surface area contributed by atoms with Gasteiger partial charge in [0.1, 0.15) is 0 Å². The molecule has 4 rings (SSSR count). The second-order valence-corrected chi connectivity index (χ2v) is 8.93. The zero-order chi connectivity index (χ0) is 20.8. The minimum Gasteiger partial charge on any atom is -0.477 e. The molecule has 1 aromatic rings. The number of rotatable bonds is 7. The van der Waals surface area contributed by atoms with Crippen molar-refractivity contribution in [3.8, 4) is 5.88 Å². The topological polar surface area (TPSA) is 78.9 Å². The second kappa shape index (κ2) is 10.1. The van der Waals surface area contributed by atoms with Gasteiger partial charge in [0.15, 0.2) is 5.96 Å². The van der Waals surface area contributed by atoms with Gasteiger partial charge in [-0.2, -0.15) is 0 Å². The Bertz CT molecular complexity index is 726. The predicted octanol–water partition coefficient (Wildman–Crippen LogP) is 2.72. The Morgan fingerprint density at radius 2 is 2.03 bits per heavy atom. The first-order valence-electron chi connectivity index (χ1n) is 11.5. The van der Waals surface area contributed by atoms with Gasteiger partial charge in [-0.05, 0) is 43.6 Å². The maximum absolute atomic E-state index is 12.8. The number of carbonyl (C=O) groups is 1. The number of aliphatic imine (C=N–C) groups is 1. The molecule has 2 aliphatic carbocycles. The number of carbonyl (C=O) groups excluding carboxylic acids is 1. The van der Waals surface area contributed by atoms with Crippen LogP contribution >= 0.6 is 0 Å². The predicted molar refractivity (Wildman–Crippen MR) is 117 cm³/mol. The quantitative estimate of drug-likeness (QED) is 0.531. The van der Waals surface area contributed by atoms with Crippen LogP contribution in [0, 0.1) is 11.8 Å². The van der Waals surface area contributed by atoms with Crippen LogP contribution < -0.4 is 15.4 Å². The highest BCUT2D eigenvalue weighted by Crippen LogP contribution is 2.29. The van der Waals surface area contributed by atoms with Crippen molar-refractivity contribution in [3.05, 3.63) is 23.9 Å². The Labute approximate surface area is 179 Å². The molecule has 0 aromatic carbocycles. The van der Waals surface area contributed by atoms with Gasteiger partial charge in [-0.3, -0.25) is 9.79 Å². The highest BCUT2D eigenvalue weighted by molar-refractivity contribution is 5.81. The van der Waals surface area contributed by atoms with E-state index in [0.717, 1.165) is 56.4 Å². The fourth-order valence-corrected chi connectivity index (χ4v) is 4.35. The van der Waals surface area contributed by atoms with Crippen LogP contribution in [-0.4, -0.2) is 54.5 Å². The van der Waals surface area contributed by atoms with Gasteiger partial charge in [0, 0.05) is 50.9 Å². The van der Waals surface area contributed by atoms with Crippen LogP contribution in [0.3, 0.4) is 0 Å². The normalized spacial score (nSPS) is 22.8. The Morgan fingerprint density at radius 3 is 2.73 bits per heavy atom. The van der Waals surface area contributed by atoms with E-state index in [1.807, 2.05) is 23.2 Å². The summed E-state index contributed by atoms with van der Waals surface area (Å²) in [5.41, 5.74) is 1.08. The highest BCUT2D eigenvalue weighted by Gasteiger charge is 2.31. The zero-order valence-electron chi connectivity index (χ0n) is 18.1. The summed E-state index contributed by atoms with van der Waals surface area (Å²) in [5, 5.41) is 6.83. The zero-order valence-corrected chi connectivity index (χ0v) is 18.1. The Kier molecular flexibility index (Phi) is 7.07. The molecule has 1 aromatic heterocycles. The van der Waals surface area contributed by atoms with Crippen LogP contribution in [0.1, 0.15) is 56.9 Å². The summed E-state index contributed by atoms with van der Waals surface area (Å²) in [5.74, 6) is 2.80. The van der Waals surface area contributed by atoms with Crippen LogP contribution in [0.2, 0.25) is 0 Å². The van der Waals surface area contributed by atoms with Crippen LogP contribution in [0.15, 0.2) is 23.3 Å². The van der Waals surface area contributed by atoms with Gasteiger partial charge in [-0.25, -0.2) is 4.98 Å². The maximum Gasteiger partial charge on any atom is 0.225 e. The third-order valence-corrected chi connectivity index (χ3v) is 6.44. The van der Waals surface area contributed by atoms with E-state index in [-0.39, 0.29) is 12.0 Å². The van der Waals surface area contributed by atoms with Crippen LogP contribution in [0.5, 0.6) is 5.88 Å². The summed E-state index contributed by atoms with van der Waals surface area (Å²) in [6.07, 6.45) is 11.2. The van der Waals surface area contributed by atoms with Crippen molar-refractivity contribution in [2.45, 2.75) is 64.0 Å². The lowest BCUT2D eigenvalue weighted by molar-refractivity contribution is -0.135. The molecule has 1 unspecified atom stereocenters. The fourth-order valence-electron chi connectivity index (χ4n) is 4.35. The van der Waals surface area contributed by atoms with E-state index in [1.54, 1.807) is 7.05 Å². The first kappa shape index (κ1) is 20.9. The Hall–Kier alpha value is -2.31. The molecule has 0 spiro atoms. The monoisotopic (exact) mass is 413 g/mol. The van der Waals surface area contributed by atoms with Crippen molar-refractivity contribution < 1.29 is 9.53 Å². The number of hydrogen-bond acceptors (Lipinski definition) is 4. The van der Waals surface area contributed by atoms with Crippen molar-refractivity contribution in [2.24, 2.45) is 16.8 Å². The van der Waals surface area contributed by atoms with Gasteiger partial charge < -0.3 is 20.3 Å². The van der Waals surface area contributed by atoms with E-state index in [2.05, 4.69) is 20.6 Å². The summed E-state index contributed by atoms with van der Waals surface area (Å²) in [4.78, 5) is 23.5. The van der Waals surface area contributed by atoms with Gasteiger partial charge in [-0.1, -0.05) is 25.3 Å². The average Bonchev–Trinajstić information content (AvgIpc) is 3.52. The smallest absolute Gasteiger partial charge is 0.225 e. The minimum atomic E-state index is 0.249. The molecule has 1 aliphatic heterocycles. The number of likely N-dealkylation sites (tertiary alicyclic amines) is 1. The molecular formula is C23H35N5O2. The molecule has 164 valence electrons. The number of nitrogens with one attached hydrogen (secondary N) is 2. The number of amides is 1. The lowest BCUT2D eigenvalue weighted by Gasteiger charge is -2.26. The first-order chi connectivity index (χ1) is 14.7. The van der Waals surface area contributed by atoms with Crippen molar-refractivity contribution in [1.29, 1.82) is 0 Å². The third kappa shape index (κ3) is 5.86. The average molecular weight is 414 g/mol. The number of ether oxygens (including phenoxy) is 1. The molecule has 3 fully saturated rings. The summed E-state index contributed by atoms with van der Waals surface area (Å²) in [7, 11) is 1.78. The lowest BCUT2D eigenvalue weighted by Crippen LogP contribution is -2.45. The van der Waals surface area contributed by atoms with Crippen LogP contribution in [0.25, 0.3) is 0 Å². The van der Waals surface area contributed by atoms with Gasteiger partial charge in [0.25, 0.3) is 0 Å². The van der Waals surface area contributed by atoms with Crippen molar-refractivity contribution in [3.63, 3.8) is 0 Å². The molecule has 1 amide bonds. The molecule has 2 N–H and O–H groups in total. The molecule has 2 saturated carbocycles. The van der Waals surface area contributed by atoms with E-state index < -0.39 is 0 Å². The molecule has 1 atom stereocenters. The fraction of sp³-hybridized carbons (Fsp3) is 0.696. The standard InChI is InChI=1S/C23H35N5O2/c1-24-23(26-14-18-9-10-21(25-13-18)30-16-17-7-8-17)27-20-11-12-28(15-20)22(29)19-5-3-2-4-6-19/h9-10,13,17,19-20H,2-8,11-12,14-16H2,1H3,(H2,24,26,27). The summed E-state index contributed by atoms with van der Waals surface area (Å²) in [6, 6.07) is 4.22. The van der Waals surface area contributed by atoms with E-state index in [0.29, 0.717) is 18.3 Å². The second-order valence-electron chi connectivity index (χ2n) is 8.93. The number of aromatic nitrogens is 1. The van der Waals surface area contributed by atoms with Gasteiger partial charge in [0.2, 0.25) is 11.8 Å². The Morgan fingerprint density at radius 1 is 1.20 bits per heavy atom. The number of pyridine rings is 1. The molecular weight excluding hydrogens is 378 g/mol. The third-order valence-electron chi connectivity index (χ3n) is 6.44. The highest BCUT2D eigenvalue weighted by atomic mass is 16.5. The molecule has 30 heavy (non-hydrogen) atoms. The molecule has 0 radical (unpaired) electrons. The molecule has 2 heterocycles. The van der Waals surface area contributed by atoms with Crippen molar-refractivity contribution in [2.75, 3.05) is 26.7 Å².